The molecule has 1 heterocycles. The Hall–Kier alpha value is -2.17. The summed E-state index contributed by atoms with van der Waals surface area (Å²) in [6, 6.07) is 10.3. The Morgan fingerprint density at radius 1 is 1.05 bits per heavy atom. The van der Waals surface area contributed by atoms with Crippen molar-refractivity contribution in [2.45, 2.75) is 13.0 Å². The van der Waals surface area contributed by atoms with E-state index in [-0.39, 0.29) is 17.7 Å². The summed E-state index contributed by atoms with van der Waals surface area (Å²) in [5, 5.41) is 5.52. The van der Waals surface area contributed by atoms with Crippen molar-refractivity contribution >= 4 is 11.6 Å². The van der Waals surface area contributed by atoms with Gasteiger partial charge >= 0.3 is 0 Å². The van der Waals surface area contributed by atoms with Crippen molar-refractivity contribution in [3.8, 4) is 0 Å². The lowest BCUT2D eigenvalue weighted by atomic mass is 10.1. The van der Waals surface area contributed by atoms with E-state index in [9.17, 15) is 8.78 Å². The zero-order valence-electron chi connectivity index (χ0n) is 10.7. The van der Waals surface area contributed by atoms with Gasteiger partial charge in [-0.2, -0.15) is 0 Å². The van der Waals surface area contributed by atoms with Gasteiger partial charge in [-0.1, -0.05) is 30.3 Å². The van der Waals surface area contributed by atoms with Crippen molar-refractivity contribution in [1.82, 2.24) is 4.98 Å². The predicted molar refractivity (Wildman–Crippen MR) is 72.2 cm³/mol. The van der Waals surface area contributed by atoms with Crippen LogP contribution < -0.4 is 10.6 Å². The quantitative estimate of drug-likeness (QED) is 0.885. The van der Waals surface area contributed by atoms with Gasteiger partial charge in [-0.25, -0.2) is 13.8 Å². The average molecular weight is 263 g/mol. The maximum Gasteiger partial charge on any atom is 0.168 e. The standard InChI is InChI=1S/C14H15F2N3/c1-9(10-6-4-3-5-7-10)18-14-12(16)8-11(15)13(17-2)19-14/h3-9H,1-2H3,(H2,17,18,19). The minimum Gasteiger partial charge on any atom is -0.371 e. The van der Waals surface area contributed by atoms with Gasteiger partial charge in [0.1, 0.15) is 0 Å². The van der Waals surface area contributed by atoms with Crippen LogP contribution in [0.2, 0.25) is 0 Å². The Morgan fingerprint density at radius 2 is 1.68 bits per heavy atom. The molecule has 1 unspecified atom stereocenters. The fourth-order valence-electron chi connectivity index (χ4n) is 1.77. The number of anilines is 2. The van der Waals surface area contributed by atoms with Gasteiger partial charge in [-0.05, 0) is 12.5 Å². The predicted octanol–water partition coefficient (Wildman–Crippen LogP) is 3.57. The van der Waals surface area contributed by atoms with Gasteiger partial charge in [0.2, 0.25) is 0 Å². The van der Waals surface area contributed by atoms with Crippen LogP contribution in [0.1, 0.15) is 18.5 Å². The normalized spacial score (nSPS) is 12.0. The van der Waals surface area contributed by atoms with Crippen LogP contribution in [0.4, 0.5) is 20.4 Å². The molecule has 5 heteroatoms. The summed E-state index contributed by atoms with van der Waals surface area (Å²) in [6.45, 7) is 1.89. The van der Waals surface area contributed by atoms with Crippen LogP contribution in [0.3, 0.4) is 0 Å². The van der Waals surface area contributed by atoms with Crippen LogP contribution in [-0.4, -0.2) is 12.0 Å². The number of aromatic nitrogens is 1. The SMILES string of the molecule is CNc1nc(NC(C)c2ccccc2)c(F)cc1F. The lowest BCUT2D eigenvalue weighted by Crippen LogP contribution is -2.11. The summed E-state index contributed by atoms with van der Waals surface area (Å²) in [6.07, 6.45) is 0. The first kappa shape index (κ1) is 13.3. The maximum atomic E-state index is 13.7. The zero-order valence-corrected chi connectivity index (χ0v) is 10.7. The number of halogens is 2. The second-order valence-electron chi connectivity index (χ2n) is 4.18. The molecule has 0 spiro atoms. The first-order valence-corrected chi connectivity index (χ1v) is 5.97. The highest BCUT2D eigenvalue weighted by Crippen LogP contribution is 2.23. The van der Waals surface area contributed by atoms with Crippen molar-refractivity contribution in [2.24, 2.45) is 0 Å². The van der Waals surface area contributed by atoms with Crippen molar-refractivity contribution in [3.63, 3.8) is 0 Å². The van der Waals surface area contributed by atoms with Gasteiger partial charge in [0.05, 0.1) is 6.04 Å². The van der Waals surface area contributed by atoms with Crippen LogP contribution in [-0.2, 0) is 0 Å². The molecule has 3 nitrogen and oxygen atoms in total. The summed E-state index contributed by atoms with van der Waals surface area (Å²) < 4.78 is 26.9. The third kappa shape index (κ3) is 2.99. The van der Waals surface area contributed by atoms with Gasteiger partial charge in [-0.15, -0.1) is 0 Å². The summed E-state index contributed by atoms with van der Waals surface area (Å²) >= 11 is 0. The summed E-state index contributed by atoms with van der Waals surface area (Å²) in [5.41, 5.74) is 0.999. The first-order chi connectivity index (χ1) is 9.11. The Balaban J connectivity index is 2.24. The van der Waals surface area contributed by atoms with Crippen molar-refractivity contribution in [3.05, 3.63) is 53.6 Å². The van der Waals surface area contributed by atoms with Crippen molar-refractivity contribution < 1.29 is 8.78 Å². The highest BCUT2D eigenvalue weighted by Gasteiger charge is 2.13. The summed E-state index contributed by atoms with van der Waals surface area (Å²) in [7, 11) is 1.54. The fourth-order valence-corrected chi connectivity index (χ4v) is 1.77. The van der Waals surface area contributed by atoms with E-state index in [1.165, 1.54) is 7.05 Å². The third-order valence-corrected chi connectivity index (χ3v) is 2.82. The Morgan fingerprint density at radius 3 is 2.32 bits per heavy atom. The molecule has 1 atom stereocenters. The second kappa shape index (κ2) is 5.65. The van der Waals surface area contributed by atoms with Crippen LogP contribution in [0.15, 0.2) is 36.4 Å². The van der Waals surface area contributed by atoms with E-state index in [2.05, 4.69) is 15.6 Å². The highest BCUT2D eigenvalue weighted by atomic mass is 19.1. The molecule has 0 aliphatic rings. The molecule has 2 N–H and O–H groups in total. The minimum atomic E-state index is -0.710. The molecule has 0 bridgehead atoms. The molecule has 0 fully saturated rings. The molecule has 1 aromatic heterocycles. The molecule has 2 aromatic rings. The van der Waals surface area contributed by atoms with Crippen LogP contribution >= 0.6 is 0 Å². The van der Waals surface area contributed by atoms with E-state index in [0.29, 0.717) is 0 Å². The van der Waals surface area contributed by atoms with Crippen molar-refractivity contribution in [1.29, 1.82) is 0 Å². The lowest BCUT2D eigenvalue weighted by molar-refractivity contribution is 0.577. The molecule has 0 amide bonds. The minimum absolute atomic E-state index is 0.0177. The molecule has 100 valence electrons. The highest BCUT2D eigenvalue weighted by molar-refractivity contribution is 5.48. The molecule has 0 aliphatic heterocycles. The van der Waals surface area contributed by atoms with E-state index in [1.54, 1.807) is 0 Å². The van der Waals surface area contributed by atoms with Crippen LogP contribution in [0, 0.1) is 11.6 Å². The molecule has 19 heavy (non-hydrogen) atoms. The second-order valence-corrected chi connectivity index (χ2v) is 4.18. The van der Waals surface area contributed by atoms with Gasteiger partial charge in [0.25, 0.3) is 0 Å². The molecule has 0 aliphatic carbocycles. The Bertz CT molecular complexity index is 558. The molecule has 0 saturated carbocycles. The number of rotatable bonds is 4. The van der Waals surface area contributed by atoms with E-state index in [4.69, 9.17) is 0 Å². The zero-order chi connectivity index (χ0) is 13.8. The number of nitrogens with one attached hydrogen (secondary N) is 2. The van der Waals surface area contributed by atoms with Crippen LogP contribution in [0.25, 0.3) is 0 Å². The van der Waals surface area contributed by atoms with E-state index in [1.807, 2.05) is 37.3 Å². The third-order valence-electron chi connectivity index (χ3n) is 2.82. The van der Waals surface area contributed by atoms with Crippen molar-refractivity contribution in [2.75, 3.05) is 17.7 Å². The van der Waals surface area contributed by atoms with E-state index < -0.39 is 11.6 Å². The van der Waals surface area contributed by atoms with Gasteiger partial charge in [0, 0.05) is 13.1 Å². The van der Waals surface area contributed by atoms with E-state index >= 15 is 0 Å². The number of pyridine rings is 1. The molecule has 0 radical (unpaired) electrons. The molecule has 0 saturated heterocycles. The summed E-state index contributed by atoms with van der Waals surface area (Å²) in [4.78, 5) is 3.88. The number of nitrogens with zero attached hydrogens (tertiary/aromatic N) is 1. The maximum absolute atomic E-state index is 13.7. The Labute approximate surface area is 110 Å². The van der Waals surface area contributed by atoms with Gasteiger partial charge in [0.15, 0.2) is 23.3 Å². The number of hydrogen-bond acceptors (Lipinski definition) is 3. The lowest BCUT2D eigenvalue weighted by Gasteiger charge is -2.16. The van der Waals surface area contributed by atoms with Gasteiger partial charge < -0.3 is 10.6 Å². The average Bonchev–Trinajstić information content (AvgIpc) is 2.42. The van der Waals surface area contributed by atoms with Crippen LogP contribution in [0.5, 0.6) is 0 Å². The van der Waals surface area contributed by atoms with Gasteiger partial charge in [-0.3, -0.25) is 0 Å². The monoisotopic (exact) mass is 263 g/mol. The molecule has 2 rings (SSSR count). The number of benzene rings is 1. The topological polar surface area (TPSA) is 37.0 Å². The Kier molecular flexibility index (Phi) is 3.94. The first-order valence-electron chi connectivity index (χ1n) is 5.97. The molecule has 1 aromatic carbocycles. The fraction of sp³-hybridized carbons (Fsp3) is 0.214. The number of hydrogen-bond donors (Lipinski definition) is 2. The summed E-state index contributed by atoms with van der Waals surface area (Å²) in [5.74, 6) is -1.37. The van der Waals surface area contributed by atoms with E-state index in [0.717, 1.165) is 11.6 Å². The largest absolute Gasteiger partial charge is 0.371 e. The molecular formula is C14H15F2N3. The smallest absolute Gasteiger partial charge is 0.168 e. The molecular weight excluding hydrogens is 248 g/mol.